The smallest absolute Gasteiger partial charge is 0.110 e. The van der Waals surface area contributed by atoms with E-state index in [0.717, 1.165) is 6.42 Å². The van der Waals surface area contributed by atoms with E-state index in [9.17, 15) is 5.11 Å². The van der Waals surface area contributed by atoms with Gasteiger partial charge in [-0.05, 0) is 12.8 Å². The van der Waals surface area contributed by atoms with E-state index in [2.05, 4.69) is 0 Å². The fourth-order valence-corrected chi connectivity index (χ4v) is 2.47. The van der Waals surface area contributed by atoms with Crippen LogP contribution in [0, 0.1) is 0 Å². The fraction of sp³-hybridized carbons (Fsp3) is 1.00. The maximum absolute atomic E-state index is 9.78. The number of fused-ring (bicyclic) bond motifs is 1. The molecule has 1 unspecified atom stereocenters. The van der Waals surface area contributed by atoms with Gasteiger partial charge in [-0.3, -0.25) is 0 Å². The number of rotatable bonds is 0. The molecule has 14 heavy (non-hydrogen) atoms. The zero-order valence-corrected chi connectivity index (χ0v) is 8.95. The number of hydrogen-bond acceptors (Lipinski definition) is 2. The van der Waals surface area contributed by atoms with Gasteiger partial charge in [0.05, 0.1) is 12.2 Å². The molecule has 82 valence electrons. The summed E-state index contributed by atoms with van der Waals surface area (Å²) in [6, 6.07) is 0. The van der Waals surface area contributed by atoms with Crippen LogP contribution < -0.4 is 0 Å². The lowest BCUT2D eigenvalue weighted by atomic mass is 10.00. The molecular weight excluding hydrogens is 176 g/mol. The normalized spacial score (nSPS) is 40.5. The van der Waals surface area contributed by atoms with E-state index in [1.165, 1.54) is 51.4 Å². The lowest BCUT2D eigenvalue weighted by Crippen LogP contribution is -2.16. The molecule has 0 radical (unpaired) electrons. The molecule has 0 aromatic rings. The second kappa shape index (κ2) is 5.13. The van der Waals surface area contributed by atoms with Gasteiger partial charge in [0.2, 0.25) is 0 Å². The van der Waals surface area contributed by atoms with Crippen LogP contribution in [0.2, 0.25) is 0 Å². The highest BCUT2D eigenvalue weighted by atomic mass is 16.6. The molecule has 0 bridgehead atoms. The van der Waals surface area contributed by atoms with Crippen LogP contribution in [0.25, 0.3) is 0 Å². The van der Waals surface area contributed by atoms with E-state index in [1.807, 2.05) is 0 Å². The number of hydrogen-bond donors (Lipinski definition) is 1. The minimum absolute atomic E-state index is 0.181. The molecule has 2 fully saturated rings. The van der Waals surface area contributed by atoms with Crippen molar-refractivity contribution in [2.24, 2.45) is 0 Å². The minimum Gasteiger partial charge on any atom is -0.390 e. The Labute approximate surface area is 86.6 Å². The zero-order chi connectivity index (χ0) is 9.80. The van der Waals surface area contributed by atoms with Crippen molar-refractivity contribution in [1.82, 2.24) is 0 Å². The van der Waals surface area contributed by atoms with Crippen molar-refractivity contribution < 1.29 is 9.84 Å². The van der Waals surface area contributed by atoms with Crippen LogP contribution in [0.3, 0.4) is 0 Å². The van der Waals surface area contributed by atoms with Crippen LogP contribution in [0.15, 0.2) is 0 Å². The average molecular weight is 198 g/mol. The summed E-state index contributed by atoms with van der Waals surface area (Å²) in [7, 11) is 0. The summed E-state index contributed by atoms with van der Waals surface area (Å²) in [6.07, 6.45) is 11.7. The topological polar surface area (TPSA) is 32.8 Å². The molecule has 1 heterocycles. The van der Waals surface area contributed by atoms with Crippen molar-refractivity contribution >= 4 is 0 Å². The van der Waals surface area contributed by atoms with Crippen molar-refractivity contribution in [2.75, 3.05) is 0 Å². The highest BCUT2D eigenvalue weighted by molar-refractivity contribution is 4.90. The summed E-state index contributed by atoms with van der Waals surface area (Å²) < 4.78 is 5.49. The van der Waals surface area contributed by atoms with Gasteiger partial charge in [-0.25, -0.2) is 0 Å². The first-order valence-electron chi connectivity index (χ1n) is 6.21. The van der Waals surface area contributed by atoms with E-state index in [1.54, 1.807) is 0 Å². The number of aliphatic hydroxyl groups is 1. The Kier molecular flexibility index (Phi) is 3.82. The molecule has 0 aromatic carbocycles. The third kappa shape index (κ3) is 2.96. The number of epoxide rings is 1. The Bertz CT molecular complexity index is 170. The number of aliphatic hydroxyl groups excluding tert-OH is 1. The largest absolute Gasteiger partial charge is 0.390 e. The second-order valence-corrected chi connectivity index (χ2v) is 4.76. The zero-order valence-electron chi connectivity index (χ0n) is 8.95. The van der Waals surface area contributed by atoms with Crippen molar-refractivity contribution in [3.8, 4) is 0 Å². The maximum Gasteiger partial charge on any atom is 0.110 e. The van der Waals surface area contributed by atoms with Crippen LogP contribution in [0.4, 0.5) is 0 Å². The Hall–Kier alpha value is -0.0800. The second-order valence-electron chi connectivity index (χ2n) is 4.76. The molecule has 0 aromatic heterocycles. The van der Waals surface area contributed by atoms with E-state index in [-0.39, 0.29) is 12.2 Å². The Balaban J connectivity index is 1.74. The minimum atomic E-state index is -0.181. The number of ether oxygens (including phenoxy) is 1. The van der Waals surface area contributed by atoms with Gasteiger partial charge in [-0.2, -0.15) is 0 Å². The summed E-state index contributed by atoms with van der Waals surface area (Å²) in [6.45, 7) is 0. The predicted octanol–water partition coefficient (Wildman–Crippen LogP) is 2.64. The molecular formula is C12H22O2. The SMILES string of the molecule is OC1CCCCCCCCC[C@H]2O[C@H]12. The quantitative estimate of drug-likeness (QED) is 0.607. The van der Waals surface area contributed by atoms with Crippen LogP contribution in [-0.2, 0) is 4.74 Å². The van der Waals surface area contributed by atoms with Crippen LogP contribution >= 0.6 is 0 Å². The molecule has 1 aliphatic carbocycles. The molecule has 3 atom stereocenters. The molecule has 2 nitrogen and oxygen atoms in total. The molecule has 2 heteroatoms. The summed E-state index contributed by atoms with van der Waals surface area (Å²) in [5.74, 6) is 0. The fourth-order valence-electron chi connectivity index (χ4n) is 2.47. The van der Waals surface area contributed by atoms with Gasteiger partial charge in [-0.15, -0.1) is 0 Å². The third-order valence-corrected chi connectivity index (χ3v) is 3.49. The summed E-state index contributed by atoms with van der Waals surface area (Å²) >= 11 is 0. The Morgan fingerprint density at radius 3 is 2.07 bits per heavy atom. The van der Waals surface area contributed by atoms with Crippen LogP contribution in [0.1, 0.15) is 57.8 Å². The highest BCUT2D eigenvalue weighted by Gasteiger charge is 2.43. The van der Waals surface area contributed by atoms with E-state index in [0.29, 0.717) is 6.10 Å². The molecule has 0 amide bonds. The van der Waals surface area contributed by atoms with Crippen molar-refractivity contribution in [3.63, 3.8) is 0 Å². The van der Waals surface area contributed by atoms with Crippen LogP contribution in [0.5, 0.6) is 0 Å². The maximum atomic E-state index is 9.78. The lowest BCUT2D eigenvalue weighted by molar-refractivity contribution is 0.123. The van der Waals surface area contributed by atoms with E-state index < -0.39 is 0 Å². The van der Waals surface area contributed by atoms with Crippen molar-refractivity contribution in [3.05, 3.63) is 0 Å². The van der Waals surface area contributed by atoms with Crippen molar-refractivity contribution in [2.45, 2.75) is 76.1 Å². The third-order valence-electron chi connectivity index (χ3n) is 3.49. The van der Waals surface area contributed by atoms with Gasteiger partial charge >= 0.3 is 0 Å². The summed E-state index contributed by atoms with van der Waals surface area (Å²) in [5.41, 5.74) is 0. The predicted molar refractivity (Wildman–Crippen MR) is 56.2 cm³/mol. The standard InChI is InChI=1S/C12H22O2/c13-10-8-6-4-2-1-3-5-7-9-11-12(10)14-11/h10-13H,1-9H2/t10?,11-,12-/m1/s1. The lowest BCUT2D eigenvalue weighted by Gasteiger charge is -2.08. The molecule has 1 saturated carbocycles. The van der Waals surface area contributed by atoms with E-state index >= 15 is 0 Å². The van der Waals surface area contributed by atoms with E-state index in [4.69, 9.17) is 4.74 Å². The van der Waals surface area contributed by atoms with Crippen molar-refractivity contribution in [1.29, 1.82) is 0 Å². The van der Waals surface area contributed by atoms with Gasteiger partial charge in [0, 0.05) is 0 Å². The molecule has 2 rings (SSSR count). The molecule has 1 saturated heterocycles. The van der Waals surface area contributed by atoms with Gasteiger partial charge in [-0.1, -0.05) is 44.9 Å². The van der Waals surface area contributed by atoms with Gasteiger partial charge in [0.1, 0.15) is 6.10 Å². The molecule has 2 aliphatic rings. The van der Waals surface area contributed by atoms with Gasteiger partial charge in [0.25, 0.3) is 0 Å². The first-order valence-corrected chi connectivity index (χ1v) is 6.21. The van der Waals surface area contributed by atoms with Gasteiger partial charge in [0.15, 0.2) is 0 Å². The first-order chi connectivity index (χ1) is 6.88. The Morgan fingerprint density at radius 1 is 0.786 bits per heavy atom. The first kappa shape index (κ1) is 10.4. The monoisotopic (exact) mass is 198 g/mol. The average Bonchev–Trinajstić information content (AvgIpc) is 2.92. The molecule has 1 aliphatic heterocycles. The summed E-state index contributed by atoms with van der Waals surface area (Å²) in [4.78, 5) is 0. The molecule has 1 N–H and O–H groups in total. The Morgan fingerprint density at radius 2 is 1.36 bits per heavy atom. The van der Waals surface area contributed by atoms with Crippen LogP contribution in [-0.4, -0.2) is 23.4 Å². The highest BCUT2D eigenvalue weighted by Crippen LogP contribution is 2.32. The molecule has 0 spiro atoms. The summed E-state index contributed by atoms with van der Waals surface area (Å²) in [5, 5.41) is 9.78. The van der Waals surface area contributed by atoms with Gasteiger partial charge < -0.3 is 9.84 Å².